The molecule has 0 aliphatic rings. The van der Waals surface area contributed by atoms with Gasteiger partial charge in [-0.2, -0.15) is 5.10 Å². The second kappa shape index (κ2) is 9.93. The number of anilines is 1. The number of aromatic nitrogens is 1. The van der Waals surface area contributed by atoms with Gasteiger partial charge < -0.3 is 18.6 Å². The Bertz CT molecular complexity index is 969. The number of methoxy groups -OCH3 is 1. The van der Waals surface area contributed by atoms with Crippen molar-refractivity contribution in [2.24, 2.45) is 5.10 Å². The van der Waals surface area contributed by atoms with Crippen molar-refractivity contribution in [2.45, 2.75) is 13.5 Å². The maximum atomic E-state index is 11.5. The molecule has 8 heteroatoms. The summed E-state index contributed by atoms with van der Waals surface area (Å²) in [6.45, 7) is 2.52. The molecule has 3 rings (SSSR count). The molecule has 8 nitrogen and oxygen atoms in total. The first-order valence-corrected chi connectivity index (χ1v) is 8.96. The van der Waals surface area contributed by atoms with Crippen LogP contribution in [0.2, 0.25) is 0 Å². The van der Waals surface area contributed by atoms with Gasteiger partial charge in [0.05, 0.1) is 19.9 Å². The van der Waals surface area contributed by atoms with Gasteiger partial charge in [0, 0.05) is 6.20 Å². The molecule has 1 aromatic carbocycles. The molecule has 0 atom stereocenters. The van der Waals surface area contributed by atoms with Crippen LogP contribution in [0.5, 0.6) is 11.5 Å². The van der Waals surface area contributed by atoms with Crippen LogP contribution in [0.15, 0.2) is 64.2 Å². The highest BCUT2D eigenvalue weighted by Crippen LogP contribution is 2.29. The summed E-state index contributed by atoms with van der Waals surface area (Å²) in [6.07, 6.45) is 3.35. The van der Waals surface area contributed by atoms with E-state index < -0.39 is 5.97 Å². The van der Waals surface area contributed by atoms with Gasteiger partial charge in [0.2, 0.25) is 5.76 Å². The third-order valence-electron chi connectivity index (χ3n) is 3.74. The van der Waals surface area contributed by atoms with Crippen LogP contribution in [-0.2, 0) is 11.3 Å². The Balaban J connectivity index is 1.65. The quantitative estimate of drug-likeness (QED) is 0.334. The summed E-state index contributed by atoms with van der Waals surface area (Å²) in [6, 6.07) is 14.2. The van der Waals surface area contributed by atoms with E-state index in [9.17, 15) is 4.79 Å². The Hall–Kier alpha value is -3.81. The van der Waals surface area contributed by atoms with Crippen molar-refractivity contribution in [3.05, 3.63) is 71.8 Å². The number of nitrogens with one attached hydrogen (secondary N) is 1. The SMILES string of the molecule is CCOc1cc(/C=N/Nc2ccccn2)ccc1OCc1ccc(C(=O)OC)o1. The molecule has 29 heavy (non-hydrogen) atoms. The van der Waals surface area contributed by atoms with Gasteiger partial charge in [0.25, 0.3) is 0 Å². The molecule has 0 unspecified atom stereocenters. The minimum atomic E-state index is -0.533. The van der Waals surface area contributed by atoms with Gasteiger partial charge in [0.15, 0.2) is 11.5 Å². The first-order valence-electron chi connectivity index (χ1n) is 8.96. The van der Waals surface area contributed by atoms with Crippen LogP contribution in [0.4, 0.5) is 5.82 Å². The third-order valence-corrected chi connectivity index (χ3v) is 3.74. The summed E-state index contributed by atoms with van der Waals surface area (Å²) in [5.41, 5.74) is 3.69. The monoisotopic (exact) mass is 395 g/mol. The summed E-state index contributed by atoms with van der Waals surface area (Å²) in [5.74, 6) is 1.88. The van der Waals surface area contributed by atoms with Crippen LogP contribution < -0.4 is 14.9 Å². The van der Waals surface area contributed by atoms with E-state index >= 15 is 0 Å². The zero-order valence-corrected chi connectivity index (χ0v) is 16.1. The maximum Gasteiger partial charge on any atom is 0.373 e. The fourth-order valence-electron chi connectivity index (χ4n) is 2.41. The molecule has 0 bridgehead atoms. The zero-order valence-electron chi connectivity index (χ0n) is 16.1. The summed E-state index contributed by atoms with van der Waals surface area (Å²) < 4.78 is 21.5. The summed E-state index contributed by atoms with van der Waals surface area (Å²) >= 11 is 0. The van der Waals surface area contributed by atoms with E-state index in [1.54, 1.807) is 30.6 Å². The van der Waals surface area contributed by atoms with Crippen molar-refractivity contribution in [2.75, 3.05) is 19.1 Å². The Morgan fingerprint density at radius 2 is 2.07 bits per heavy atom. The maximum absolute atomic E-state index is 11.5. The van der Waals surface area contributed by atoms with Crippen LogP contribution in [0, 0.1) is 0 Å². The van der Waals surface area contributed by atoms with E-state index in [2.05, 4.69) is 20.2 Å². The molecule has 0 spiro atoms. The standard InChI is InChI=1S/C21H21N3O5/c1-3-27-19-12-15(13-23-24-20-6-4-5-11-22-20)7-9-17(19)28-14-16-8-10-18(29-16)21(25)26-2/h4-13H,3,14H2,1-2H3,(H,22,24)/b23-13+. The van der Waals surface area contributed by atoms with E-state index in [0.717, 1.165) is 5.56 Å². The normalized spacial score (nSPS) is 10.7. The number of carbonyl (C=O) groups excluding carboxylic acids is 1. The lowest BCUT2D eigenvalue weighted by atomic mass is 10.2. The Kier molecular flexibility index (Phi) is 6.83. The molecular weight excluding hydrogens is 374 g/mol. The smallest absolute Gasteiger partial charge is 0.373 e. The molecule has 0 amide bonds. The number of pyridine rings is 1. The number of benzene rings is 1. The van der Waals surface area contributed by atoms with E-state index in [1.165, 1.54) is 7.11 Å². The molecule has 3 aromatic rings. The van der Waals surface area contributed by atoms with Gasteiger partial charge in [-0.1, -0.05) is 6.07 Å². The molecule has 2 aromatic heterocycles. The number of carbonyl (C=O) groups is 1. The summed E-state index contributed by atoms with van der Waals surface area (Å²) in [7, 11) is 1.30. The highest BCUT2D eigenvalue weighted by molar-refractivity contribution is 5.86. The summed E-state index contributed by atoms with van der Waals surface area (Å²) in [5, 5.41) is 4.17. The minimum absolute atomic E-state index is 0.128. The highest BCUT2D eigenvalue weighted by atomic mass is 16.5. The van der Waals surface area contributed by atoms with Gasteiger partial charge >= 0.3 is 5.97 Å². The van der Waals surface area contributed by atoms with Gasteiger partial charge in [-0.05, 0) is 55.0 Å². The third kappa shape index (κ3) is 5.58. The number of esters is 1. The molecule has 150 valence electrons. The van der Waals surface area contributed by atoms with Crippen molar-refractivity contribution in [1.29, 1.82) is 0 Å². The average Bonchev–Trinajstić information content (AvgIpc) is 3.23. The number of nitrogens with zero attached hydrogens (tertiary/aromatic N) is 2. The molecule has 0 radical (unpaired) electrons. The van der Waals surface area contributed by atoms with Crippen molar-refractivity contribution >= 4 is 18.0 Å². The average molecular weight is 395 g/mol. The molecular formula is C21H21N3O5. The fourth-order valence-corrected chi connectivity index (χ4v) is 2.41. The number of rotatable bonds is 9. The lowest BCUT2D eigenvalue weighted by Crippen LogP contribution is -2.01. The molecule has 0 aliphatic heterocycles. The van der Waals surface area contributed by atoms with Crippen LogP contribution in [0.25, 0.3) is 0 Å². The van der Waals surface area contributed by atoms with Crippen LogP contribution >= 0.6 is 0 Å². The zero-order chi connectivity index (χ0) is 20.5. The van der Waals surface area contributed by atoms with Crippen molar-refractivity contribution in [1.82, 2.24) is 4.98 Å². The molecule has 0 saturated heterocycles. The Labute approximate surface area is 168 Å². The lowest BCUT2D eigenvalue weighted by molar-refractivity contribution is 0.0561. The second-order valence-corrected chi connectivity index (χ2v) is 5.77. The topological polar surface area (TPSA) is 95.2 Å². The largest absolute Gasteiger partial charge is 0.490 e. The number of hydrogen-bond acceptors (Lipinski definition) is 8. The molecule has 1 N–H and O–H groups in total. The van der Waals surface area contributed by atoms with Gasteiger partial charge in [-0.25, -0.2) is 9.78 Å². The molecule has 0 aliphatic carbocycles. The summed E-state index contributed by atoms with van der Waals surface area (Å²) in [4.78, 5) is 15.6. The van der Waals surface area contributed by atoms with E-state index in [-0.39, 0.29) is 12.4 Å². The number of hydrazone groups is 1. The van der Waals surface area contributed by atoms with E-state index in [1.807, 2.05) is 37.3 Å². The number of hydrogen-bond donors (Lipinski definition) is 1. The van der Waals surface area contributed by atoms with Crippen LogP contribution in [-0.4, -0.2) is 30.9 Å². The lowest BCUT2D eigenvalue weighted by Gasteiger charge is -2.11. The van der Waals surface area contributed by atoms with Gasteiger partial charge in [-0.3, -0.25) is 5.43 Å². The first kappa shape index (κ1) is 19.9. The Morgan fingerprint density at radius 1 is 1.17 bits per heavy atom. The number of furan rings is 1. The van der Waals surface area contributed by atoms with Crippen LogP contribution in [0.3, 0.4) is 0 Å². The van der Waals surface area contributed by atoms with Crippen molar-refractivity contribution in [3.63, 3.8) is 0 Å². The predicted octanol–water partition coefficient (Wildman–Crippen LogP) is 3.88. The minimum Gasteiger partial charge on any atom is -0.490 e. The first-order chi connectivity index (χ1) is 14.2. The second-order valence-electron chi connectivity index (χ2n) is 5.77. The molecule has 0 fully saturated rings. The van der Waals surface area contributed by atoms with Gasteiger partial charge in [0.1, 0.15) is 18.2 Å². The fraction of sp³-hybridized carbons (Fsp3) is 0.190. The van der Waals surface area contributed by atoms with Crippen molar-refractivity contribution < 1.29 is 23.4 Å². The van der Waals surface area contributed by atoms with E-state index in [4.69, 9.17) is 13.9 Å². The number of ether oxygens (including phenoxy) is 3. The predicted molar refractivity (Wildman–Crippen MR) is 107 cm³/mol. The Morgan fingerprint density at radius 3 is 2.83 bits per heavy atom. The van der Waals surface area contributed by atoms with Gasteiger partial charge in [-0.15, -0.1) is 0 Å². The van der Waals surface area contributed by atoms with E-state index in [0.29, 0.717) is 29.7 Å². The van der Waals surface area contributed by atoms with Crippen molar-refractivity contribution in [3.8, 4) is 11.5 Å². The highest BCUT2D eigenvalue weighted by Gasteiger charge is 2.12. The molecule has 0 saturated carbocycles. The molecule has 2 heterocycles. The van der Waals surface area contributed by atoms with Crippen LogP contribution in [0.1, 0.15) is 28.8 Å².